The normalized spacial score (nSPS) is 17.2. The van der Waals surface area contributed by atoms with E-state index in [1.807, 2.05) is 31.2 Å². The van der Waals surface area contributed by atoms with Gasteiger partial charge in [0.25, 0.3) is 0 Å². The Labute approximate surface area is 138 Å². The SMILES string of the molecule is COCCC1(CNC(=O)Nc2cccc(C(C)OC)c2)CCC1. The number of hydrogen-bond donors (Lipinski definition) is 2. The van der Waals surface area contributed by atoms with Gasteiger partial charge in [-0.25, -0.2) is 4.79 Å². The molecule has 0 spiro atoms. The molecule has 2 rings (SSSR count). The first-order valence-corrected chi connectivity index (χ1v) is 8.25. The van der Waals surface area contributed by atoms with Crippen LogP contribution < -0.4 is 10.6 Å². The summed E-state index contributed by atoms with van der Waals surface area (Å²) in [7, 11) is 3.40. The van der Waals surface area contributed by atoms with E-state index in [1.165, 1.54) is 6.42 Å². The van der Waals surface area contributed by atoms with Crippen LogP contribution in [0, 0.1) is 5.41 Å². The highest BCUT2D eigenvalue weighted by molar-refractivity contribution is 5.89. The molecule has 1 saturated carbocycles. The highest BCUT2D eigenvalue weighted by atomic mass is 16.5. The van der Waals surface area contributed by atoms with E-state index in [-0.39, 0.29) is 17.6 Å². The lowest BCUT2D eigenvalue weighted by Gasteiger charge is -2.42. The van der Waals surface area contributed by atoms with Crippen molar-refractivity contribution >= 4 is 11.7 Å². The Morgan fingerprint density at radius 2 is 2.13 bits per heavy atom. The summed E-state index contributed by atoms with van der Waals surface area (Å²) < 4.78 is 10.5. The maximum Gasteiger partial charge on any atom is 0.319 e. The van der Waals surface area contributed by atoms with Crippen molar-refractivity contribution in [2.75, 3.05) is 32.7 Å². The number of amides is 2. The van der Waals surface area contributed by atoms with Gasteiger partial charge in [0.15, 0.2) is 0 Å². The number of benzene rings is 1. The maximum atomic E-state index is 12.1. The number of methoxy groups -OCH3 is 2. The van der Waals surface area contributed by atoms with E-state index in [4.69, 9.17) is 9.47 Å². The van der Waals surface area contributed by atoms with E-state index in [2.05, 4.69) is 10.6 Å². The van der Waals surface area contributed by atoms with Gasteiger partial charge in [0.1, 0.15) is 0 Å². The lowest BCUT2D eigenvalue weighted by atomic mass is 9.67. The number of ether oxygens (including phenoxy) is 2. The minimum atomic E-state index is -0.157. The lowest BCUT2D eigenvalue weighted by molar-refractivity contribution is 0.0717. The number of carbonyl (C=O) groups excluding carboxylic acids is 1. The number of urea groups is 1. The van der Waals surface area contributed by atoms with Crippen LogP contribution in [0.3, 0.4) is 0 Å². The number of nitrogens with one attached hydrogen (secondary N) is 2. The summed E-state index contributed by atoms with van der Waals surface area (Å²) in [5.41, 5.74) is 2.05. The Bertz CT molecular complexity index is 515. The van der Waals surface area contributed by atoms with Crippen molar-refractivity contribution in [3.63, 3.8) is 0 Å². The van der Waals surface area contributed by atoms with E-state index < -0.39 is 0 Å². The van der Waals surface area contributed by atoms with Gasteiger partial charge in [0.2, 0.25) is 0 Å². The topological polar surface area (TPSA) is 59.6 Å². The molecule has 0 radical (unpaired) electrons. The smallest absolute Gasteiger partial charge is 0.319 e. The fourth-order valence-corrected chi connectivity index (χ4v) is 2.96. The van der Waals surface area contributed by atoms with Gasteiger partial charge in [0.05, 0.1) is 6.10 Å². The van der Waals surface area contributed by atoms with E-state index in [0.717, 1.165) is 37.1 Å². The molecule has 1 aliphatic rings. The van der Waals surface area contributed by atoms with Crippen LogP contribution in [0.25, 0.3) is 0 Å². The van der Waals surface area contributed by atoms with E-state index in [9.17, 15) is 4.79 Å². The van der Waals surface area contributed by atoms with Gasteiger partial charge < -0.3 is 20.1 Å². The molecule has 2 N–H and O–H groups in total. The number of rotatable bonds is 8. The van der Waals surface area contributed by atoms with Crippen LogP contribution >= 0.6 is 0 Å². The summed E-state index contributed by atoms with van der Waals surface area (Å²) in [5, 5.41) is 5.91. The van der Waals surface area contributed by atoms with Crippen molar-refractivity contribution < 1.29 is 14.3 Å². The predicted octanol–water partition coefficient (Wildman–Crippen LogP) is 3.72. The molecular weight excluding hydrogens is 292 g/mol. The van der Waals surface area contributed by atoms with E-state index >= 15 is 0 Å². The first kappa shape index (κ1) is 17.8. The summed E-state index contributed by atoms with van der Waals surface area (Å²) in [6.45, 7) is 3.44. The Balaban J connectivity index is 1.85. The Hall–Kier alpha value is -1.59. The minimum Gasteiger partial charge on any atom is -0.385 e. The quantitative estimate of drug-likeness (QED) is 0.767. The first-order valence-electron chi connectivity index (χ1n) is 8.25. The molecule has 0 heterocycles. The summed E-state index contributed by atoms with van der Waals surface area (Å²) >= 11 is 0. The molecule has 1 aliphatic carbocycles. The summed E-state index contributed by atoms with van der Waals surface area (Å²) in [6.07, 6.45) is 4.58. The third-order valence-electron chi connectivity index (χ3n) is 4.84. The monoisotopic (exact) mass is 320 g/mol. The molecule has 2 amide bonds. The fourth-order valence-electron chi connectivity index (χ4n) is 2.96. The van der Waals surface area contributed by atoms with Gasteiger partial charge in [-0.2, -0.15) is 0 Å². The molecule has 23 heavy (non-hydrogen) atoms. The third kappa shape index (κ3) is 4.94. The van der Waals surface area contributed by atoms with Crippen LogP contribution in [0.2, 0.25) is 0 Å². The van der Waals surface area contributed by atoms with Gasteiger partial charge in [-0.05, 0) is 49.3 Å². The molecule has 0 saturated heterocycles. The molecule has 1 unspecified atom stereocenters. The zero-order valence-corrected chi connectivity index (χ0v) is 14.4. The van der Waals surface area contributed by atoms with Crippen LogP contribution in [-0.2, 0) is 9.47 Å². The molecule has 1 atom stereocenters. The predicted molar refractivity (Wildman–Crippen MR) is 91.7 cm³/mol. The van der Waals surface area contributed by atoms with Crippen LogP contribution in [0.15, 0.2) is 24.3 Å². The number of carbonyl (C=O) groups is 1. The van der Waals surface area contributed by atoms with Crippen LogP contribution in [-0.4, -0.2) is 33.4 Å². The zero-order chi connectivity index (χ0) is 16.7. The minimum absolute atomic E-state index is 0.00657. The molecular formula is C18H28N2O3. The van der Waals surface area contributed by atoms with Crippen molar-refractivity contribution in [2.45, 2.75) is 38.7 Å². The van der Waals surface area contributed by atoms with Crippen LogP contribution in [0.5, 0.6) is 0 Å². The second kappa shape index (κ2) is 8.31. The first-order chi connectivity index (χ1) is 11.1. The van der Waals surface area contributed by atoms with Crippen molar-refractivity contribution in [3.8, 4) is 0 Å². The Morgan fingerprint density at radius 1 is 1.35 bits per heavy atom. The van der Waals surface area contributed by atoms with Gasteiger partial charge in [0, 0.05) is 33.1 Å². The molecule has 0 bridgehead atoms. The van der Waals surface area contributed by atoms with E-state index in [0.29, 0.717) is 6.54 Å². The van der Waals surface area contributed by atoms with Gasteiger partial charge in [-0.3, -0.25) is 0 Å². The molecule has 5 nitrogen and oxygen atoms in total. The zero-order valence-electron chi connectivity index (χ0n) is 14.4. The van der Waals surface area contributed by atoms with E-state index in [1.54, 1.807) is 14.2 Å². The highest BCUT2D eigenvalue weighted by Crippen LogP contribution is 2.43. The molecule has 1 aromatic carbocycles. The van der Waals surface area contributed by atoms with Gasteiger partial charge in [-0.15, -0.1) is 0 Å². The van der Waals surface area contributed by atoms with Gasteiger partial charge in [-0.1, -0.05) is 18.6 Å². The summed E-state index contributed by atoms with van der Waals surface area (Å²) in [6, 6.07) is 7.58. The standard InChI is InChI=1S/C18H28N2O3/c1-14(23-3)15-6-4-7-16(12-15)20-17(21)19-13-18(8-5-9-18)10-11-22-2/h4,6-7,12,14H,5,8-11,13H2,1-3H3,(H2,19,20,21). The molecule has 1 aromatic rings. The van der Waals surface area contributed by atoms with Crippen LogP contribution in [0.4, 0.5) is 10.5 Å². The maximum absolute atomic E-state index is 12.1. The molecule has 128 valence electrons. The number of hydrogen-bond acceptors (Lipinski definition) is 3. The average molecular weight is 320 g/mol. The highest BCUT2D eigenvalue weighted by Gasteiger charge is 2.36. The fraction of sp³-hybridized carbons (Fsp3) is 0.611. The van der Waals surface area contributed by atoms with Crippen molar-refractivity contribution in [1.29, 1.82) is 0 Å². The van der Waals surface area contributed by atoms with Crippen LogP contribution in [0.1, 0.15) is 44.3 Å². The largest absolute Gasteiger partial charge is 0.385 e. The second-order valence-corrected chi connectivity index (χ2v) is 6.41. The number of anilines is 1. The Kier molecular flexibility index (Phi) is 6.42. The molecule has 5 heteroatoms. The van der Waals surface area contributed by atoms with Crippen molar-refractivity contribution in [1.82, 2.24) is 5.32 Å². The average Bonchev–Trinajstić information content (AvgIpc) is 2.53. The third-order valence-corrected chi connectivity index (χ3v) is 4.84. The summed E-state index contributed by atoms with van der Waals surface area (Å²) in [4.78, 5) is 12.1. The van der Waals surface area contributed by atoms with Gasteiger partial charge >= 0.3 is 6.03 Å². The van der Waals surface area contributed by atoms with Crippen molar-refractivity contribution in [2.24, 2.45) is 5.41 Å². The second-order valence-electron chi connectivity index (χ2n) is 6.41. The van der Waals surface area contributed by atoms with Crippen molar-refractivity contribution in [3.05, 3.63) is 29.8 Å². The lowest BCUT2D eigenvalue weighted by Crippen LogP contribution is -2.44. The molecule has 1 fully saturated rings. The molecule has 0 aliphatic heterocycles. The summed E-state index contributed by atoms with van der Waals surface area (Å²) in [5.74, 6) is 0. The Morgan fingerprint density at radius 3 is 2.74 bits per heavy atom. The molecule has 0 aromatic heterocycles.